The van der Waals surface area contributed by atoms with Gasteiger partial charge in [0.2, 0.25) is 5.91 Å². The quantitative estimate of drug-likeness (QED) is 0.590. The summed E-state index contributed by atoms with van der Waals surface area (Å²) in [7, 11) is 0. The molecule has 0 fully saturated rings. The van der Waals surface area contributed by atoms with Gasteiger partial charge >= 0.3 is 0 Å². The van der Waals surface area contributed by atoms with E-state index in [4.69, 9.17) is 0 Å². The predicted molar refractivity (Wildman–Crippen MR) is 54.8 cm³/mol. The van der Waals surface area contributed by atoms with Gasteiger partial charge in [-0.05, 0) is 18.1 Å². The van der Waals surface area contributed by atoms with Crippen molar-refractivity contribution in [2.75, 3.05) is 5.32 Å². The second-order valence-electron chi connectivity index (χ2n) is 3.47. The van der Waals surface area contributed by atoms with Crippen molar-refractivity contribution in [3.8, 4) is 0 Å². The minimum atomic E-state index is -0.401. The highest BCUT2D eigenvalue weighted by Gasteiger charge is 2.23. The molecule has 1 amide bonds. The van der Waals surface area contributed by atoms with Gasteiger partial charge in [-0.15, -0.1) is 0 Å². The van der Waals surface area contributed by atoms with Crippen LogP contribution in [0.25, 0.3) is 0 Å². The normalized spacial score (nSPS) is 13.5. The van der Waals surface area contributed by atoms with Crippen molar-refractivity contribution in [2.45, 2.75) is 19.8 Å². The maximum Gasteiger partial charge on any atom is 0.273 e. The molecule has 1 aliphatic rings. The Balaban J connectivity index is 2.55. The van der Waals surface area contributed by atoms with E-state index in [1.165, 1.54) is 6.07 Å². The van der Waals surface area contributed by atoms with Crippen LogP contribution in [0.5, 0.6) is 0 Å². The van der Waals surface area contributed by atoms with Crippen molar-refractivity contribution >= 4 is 17.3 Å². The van der Waals surface area contributed by atoms with E-state index in [-0.39, 0.29) is 18.0 Å². The molecule has 2 rings (SSSR count). The molecule has 1 heterocycles. The zero-order valence-corrected chi connectivity index (χ0v) is 8.24. The Bertz CT molecular complexity index is 454. The molecular weight excluding hydrogens is 196 g/mol. The van der Waals surface area contributed by atoms with E-state index in [0.29, 0.717) is 23.2 Å². The van der Waals surface area contributed by atoms with Gasteiger partial charge in [0.25, 0.3) is 5.69 Å². The fraction of sp³-hybridized carbons (Fsp3) is 0.300. The molecule has 0 saturated heterocycles. The van der Waals surface area contributed by atoms with E-state index in [2.05, 4.69) is 5.32 Å². The monoisotopic (exact) mass is 206 g/mol. The SMILES string of the molecule is CCc1cc2c(cc1[N+](=O)[O-])CC(=O)N2. The molecule has 1 N–H and O–H groups in total. The molecule has 0 unspecified atom stereocenters. The molecule has 5 heteroatoms. The summed E-state index contributed by atoms with van der Waals surface area (Å²) >= 11 is 0. The second-order valence-corrected chi connectivity index (χ2v) is 3.47. The van der Waals surface area contributed by atoms with Gasteiger partial charge in [0.15, 0.2) is 0 Å². The van der Waals surface area contributed by atoms with Gasteiger partial charge < -0.3 is 5.32 Å². The number of nitrogens with zero attached hydrogens (tertiary/aromatic N) is 1. The van der Waals surface area contributed by atoms with Crippen LogP contribution in [0.1, 0.15) is 18.1 Å². The average molecular weight is 206 g/mol. The van der Waals surface area contributed by atoms with E-state index < -0.39 is 4.92 Å². The van der Waals surface area contributed by atoms with Crippen molar-refractivity contribution in [2.24, 2.45) is 0 Å². The fourth-order valence-electron chi connectivity index (χ4n) is 1.76. The molecule has 0 atom stereocenters. The zero-order valence-electron chi connectivity index (χ0n) is 8.24. The average Bonchev–Trinajstić information content (AvgIpc) is 2.54. The first kappa shape index (κ1) is 9.64. The number of amides is 1. The molecule has 1 aromatic carbocycles. The highest BCUT2D eigenvalue weighted by molar-refractivity contribution is 5.99. The third-order valence-corrected chi connectivity index (χ3v) is 2.51. The van der Waals surface area contributed by atoms with Crippen LogP contribution in [-0.2, 0) is 17.6 Å². The summed E-state index contributed by atoms with van der Waals surface area (Å²) in [5.41, 5.74) is 2.18. The third-order valence-electron chi connectivity index (χ3n) is 2.51. The van der Waals surface area contributed by atoms with Gasteiger partial charge in [-0.2, -0.15) is 0 Å². The Morgan fingerprint density at radius 2 is 2.27 bits per heavy atom. The van der Waals surface area contributed by atoms with Crippen molar-refractivity contribution in [1.82, 2.24) is 0 Å². The van der Waals surface area contributed by atoms with Crippen molar-refractivity contribution in [1.29, 1.82) is 0 Å². The van der Waals surface area contributed by atoms with Crippen LogP contribution >= 0.6 is 0 Å². The molecule has 0 saturated carbocycles. The largest absolute Gasteiger partial charge is 0.326 e. The van der Waals surface area contributed by atoms with Crippen molar-refractivity contribution < 1.29 is 9.72 Å². The number of aryl methyl sites for hydroxylation is 1. The molecule has 5 nitrogen and oxygen atoms in total. The van der Waals surface area contributed by atoms with Gasteiger partial charge in [0, 0.05) is 17.3 Å². The molecule has 1 aliphatic heterocycles. The van der Waals surface area contributed by atoms with Gasteiger partial charge in [-0.3, -0.25) is 14.9 Å². The Morgan fingerprint density at radius 1 is 1.53 bits per heavy atom. The number of hydrogen-bond acceptors (Lipinski definition) is 3. The maximum absolute atomic E-state index is 11.1. The highest BCUT2D eigenvalue weighted by Crippen LogP contribution is 2.31. The standard InChI is InChI=1S/C10H10N2O3/c1-2-6-3-8-7(5-10(13)11-8)4-9(6)12(14)15/h3-4H,2,5H2,1H3,(H,11,13). The van der Waals surface area contributed by atoms with Crippen LogP contribution < -0.4 is 5.32 Å². The minimum Gasteiger partial charge on any atom is -0.326 e. The summed E-state index contributed by atoms with van der Waals surface area (Å²) in [5, 5.41) is 13.4. The van der Waals surface area contributed by atoms with Crippen LogP contribution in [0, 0.1) is 10.1 Å². The van der Waals surface area contributed by atoms with E-state index >= 15 is 0 Å². The number of carbonyl (C=O) groups excluding carboxylic acids is 1. The van der Waals surface area contributed by atoms with Gasteiger partial charge in [0.05, 0.1) is 11.3 Å². The van der Waals surface area contributed by atoms with Gasteiger partial charge in [-0.25, -0.2) is 0 Å². The molecule has 78 valence electrons. The first-order valence-electron chi connectivity index (χ1n) is 4.72. The Morgan fingerprint density at radius 3 is 2.87 bits per heavy atom. The van der Waals surface area contributed by atoms with E-state index in [0.717, 1.165) is 0 Å². The lowest BCUT2D eigenvalue weighted by Gasteiger charge is -2.03. The molecule has 0 spiro atoms. The van der Waals surface area contributed by atoms with Crippen LogP contribution in [-0.4, -0.2) is 10.8 Å². The van der Waals surface area contributed by atoms with Crippen LogP contribution in [0.3, 0.4) is 0 Å². The summed E-state index contributed by atoms with van der Waals surface area (Å²) < 4.78 is 0. The smallest absolute Gasteiger partial charge is 0.273 e. The van der Waals surface area contributed by atoms with Gasteiger partial charge in [0.1, 0.15) is 0 Å². The molecule has 0 radical (unpaired) electrons. The number of rotatable bonds is 2. The van der Waals surface area contributed by atoms with E-state index in [1.807, 2.05) is 6.92 Å². The first-order chi connectivity index (χ1) is 7.11. The van der Waals surface area contributed by atoms with Crippen LogP contribution in [0.4, 0.5) is 11.4 Å². The summed E-state index contributed by atoms with van der Waals surface area (Å²) in [6, 6.07) is 3.18. The van der Waals surface area contributed by atoms with Crippen LogP contribution in [0.15, 0.2) is 12.1 Å². The number of anilines is 1. The zero-order chi connectivity index (χ0) is 11.0. The number of fused-ring (bicyclic) bond motifs is 1. The second kappa shape index (κ2) is 3.34. The maximum atomic E-state index is 11.1. The molecule has 0 aliphatic carbocycles. The lowest BCUT2D eigenvalue weighted by atomic mass is 10.0. The number of nitro groups is 1. The van der Waals surface area contributed by atoms with Crippen LogP contribution in [0.2, 0.25) is 0 Å². The number of nitrogens with one attached hydrogen (secondary N) is 1. The molecule has 15 heavy (non-hydrogen) atoms. The fourth-order valence-corrected chi connectivity index (χ4v) is 1.76. The van der Waals surface area contributed by atoms with Crippen molar-refractivity contribution in [3.05, 3.63) is 33.4 Å². The lowest BCUT2D eigenvalue weighted by Crippen LogP contribution is -2.03. The molecule has 0 bridgehead atoms. The summed E-state index contributed by atoms with van der Waals surface area (Å²) in [6.07, 6.45) is 0.819. The molecule has 0 aromatic heterocycles. The lowest BCUT2D eigenvalue weighted by molar-refractivity contribution is -0.385. The Labute approximate surface area is 86.2 Å². The predicted octanol–water partition coefficient (Wildman–Crippen LogP) is 1.65. The van der Waals surface area contributed by atoms with Crippen molar-refractivity contribution in [3.63, 3.8) is 0 Å². The Kier molecular flexibility index (Phi) is 2.15. The summed E-state index contributed by atoms with van der Waals surface area (Å²) in [4.78, 5) is 21.5. The van der Waals surface area contributed by atoms with Gasteiger partial charge in [-0.1, -0.05) is 6.92 Å². The number of nitro benzene ring substituents is 1. The Hall–Kier alpha value is -1.91. The minimum absolute atomic E-state index is 0.104. The topological polar surface area (TPSA) is 72.2 Å². The highest BCUT2D eigenvalue weighted by atomic mass is 16.6. The number of carbonyl (C=O) groups is 1. The molecule has 1 aromatic rings. The van der Waals surface area contributed by atoms with E-state index in [9.17, 15) is 14.9 Å². The summed E-state index contributed by atoms with van der Waals surface area (Å²) in [5.74, 6) is -0.104. The number of hydrogen-bond donors (Lipinski definition) is 1. The number of benzene rings is 1. The third kappa shape index (κ3) is 1.56. The van der Waals surface area contributed by atoms with E-state index in [1.54, 1.807) is 6.07 Å². The summed E-state index contributed by atoms with van der Waals surface area (Å²) in [6.45, 7) is 1.85. The first-order valence-corrected chi connectivity index (χ1v) is 4.72. The molecular formula is C10H10N2O3.